The van der Waals surface area contributed by atoms with Gasteiger partial charge in [-0.3, -0.25) is 0 Å². The molecule has 1 aromatic heterocycles. The normalized spacial score (nSPS) is 21.1. The quantitative estimate of drug-likeness (QED) is 0.840. The second-order valence-corrected chi connectivity index (χ2v) is 4.45. The number of hydrogen-bond donors (Lipinski definition) is 1. The molecule has 88 valence electrons. The second kappa shape index (κ2) is 5.25. The molecule has 4 nitrogen and oxygen atoms in total. The summed E-state index contributed by atoms with van der Waals surface area (Å²) < 4.78 is 0. The Bertz CT molecular complexity index is 340. The summed E-state index contributed by atoms with van der Waals surface area (Å²) in [5.41, 5.74) is 6.83. The Hall–Kier alpha value is -1.16. The highest BCUT2D eigenvalue weighted by atomic mass is 15.3. The first-order valence-electron chi connectivity index (χ1n) is 6.10. The standard InChI is InChI=1S/C12H20N4/c1-2-10-4-3-7-16(9-10)12-11(8-13)5-6-14-15-12/h5-6,10H,2-4,7-9,13H2,1H3. The van der Waals surface area contributed by atoms with E-state index < -0.39 is 0 Å². The number of piperidine rings is 1. The van der Waals surface area contributed by atoms with Crippen molar-refractivity contribution >= 4 is 5.82 Å². The molecular weight excluding hydrogens is 200 g/mol. The molecule has 0 spiro atoms. The fraction of sp³-hybridized carbons (Fsp3) is 0.667. The average molecular weight is 220 g/mol. The van der Waals surface area contributed by atoms with Crippen LogP contribution in [0.4, 0.5) is 5.82 Å². The lowest BCUT2D eigenvalue weighted by atomic mass is 9.95. The number of aromatic nitrogens is 2. The van der Waals surface area contributed by atoms with Crippen molar-refractivity contribution in [2.45, 2.75) is 32.7 Å². The molecule has 2 heterocycles. The number of hydrogen-bond acceptors (Lipinski definition) is 4. The largest absolute Gasteiger partial charge is 0.355 e. The summed E-state index contributed by atoms with van der Waals surface area (Å²) in [6, 6.07) is 1.97. The molecule has 1 saturated heterocycles. The van der Waals surface area contributed by atoms with Crippen molar-refractivity contribution in [2.24, 2.45) is 11.7 Å². The lowest BCUT2D eigenvalue weighted by Gasteiger charge is -2.33. The number of nitrogens with zero attached hydrogens (tertiary/aromatic N) is 3. The SMILES string of the molecule is CCC1CCCN(c2nnccc2CN)C1. The van der Waals surface area contributed by atoms with Crippen molar-refractivity contribution in [1.29, 1.82) is 0 Å². The molecule has 4 heteroatoms. The van der Waals surface area contributed by atoms with E-state index in [-0.39, 0.29) is 0 Å². The summed E-state index contributed by atoms with van der Waals surface area (Å²) in [7, 11) is 0. The van der Waals surface area contributed by atoms with Crippen LogP contribution in [0, 0.1) is 5.92 Å². The molecule has 1 fully saturated rings. The minimum Gasteiger partial charge on any atom is -0.355 e. The highest BCUT2D eigenvalue weighted by Gasteiger charge is 2.21. The predicted molar refractivity (Wildman–Crippen MR) is 65.2 cm³/mol. The Morgan fingerprint density at radius 2 is 2.44 bits per heavy atom. The Labute approximate surface area is 96.9 Å². The number of nitrogens with two attached hydrogens (primary N) is 1. The first-order chi connectivity index (χ1) is 7.85. The Morgan fingerprint density at radius 3 is 3.19 bits per heavy atom. The molecule has 1 atom stereocenters. The highest BCUT2D eigenvalue weighted by molar-refractivity contribution is 5.45. The third-order valence-corrected chi connectivity index (χ3v) is 3.40. The third kappa shape index (κ3) is 2.32. The van der Waals surface area contributed by atoms with Crippen LogP contribution in [-0.4, -0.2) is 23.3 Å². The first kappa shape index (κ1) is 11.3. The molecule has 0 aromatic carbocycles. The molecule has 0 saturated carbocycles. The van der Waals surface area contributed by atoms with Crippen LogP contribution in [0.25, 0.3) is 0 Å². The van der Waals surface area contributed by atoms with E-state index in [0.29, 0.717) is 6.54 Å². The van der Waals surface area contributed by atoms with Gasteiger partial charge in [-0.05, 0) is 24.8 Å². The van der Waals surface area contributed by atoms with Gasteiger partial charge in [0, 0.05) is 25.2 Å². The molecule has 1 aliphatic heterocycles. The maximum absolute atomic E-state index is 5.73. The molecule has 2 rings (SSSR count). The van der Waals surface area contributed by atoms with Crippen LogP contribution in [0.5, 0.6) is 0 Å². The van der Waals surface area contributed by atoms with E-state index >= 15 is 0 Å². The Morgan fingerprint density at radius 1 is 1.56 bits per heavy atom. The van der Waals surface area contributed by atoms with E-state index in [1.165, 1.54) is 19.3 Å². The van der Waals surface area contributed by atoms with Gasteiger partial charge in [-0.15, -0.1) is 5.10 Å². The maximum atomic E-state index is 5.73. The molecule has 2 N–H and O–H groups in total. The highest BCUT2D eigenvalue weighted by Crippen LogP contribution is 2.25. The van der Waals surface area contributed by atoms with E-state index in [4.69, 9.17) is 5.73 Å². The molecule has 1 unspecified atom stereocenters. The van der Waals surface area contributed by atoms with Crippen molar-refractivity contribution in [2.75, 3.05) is 18.0 Å². The van der Waals surface area contributed by atoms with E-state index in [9.17, 15) is 0 Å². The number of anilines is 1. The van der Waals surface area contributed by atoms with Crippen LogP contribution in [0.3, 0.4) is 0 Å². The van der Waals surface area contributed by atoms with Crippen LogP contribution in [-0.2, 0) is 6.54 Å². The van der Waals surface area contributed by atoms with Crippen molar-refractivity contribution < 1.29 is 0 Å². The van der Waals surface area contributed by atoms with E-state index in [2.05, 4.69) is 22.0 Å². The van der Waals surface area contributed by atoms with Crippen LogP contribution < -0.4 is 10.6 Å². The van der Waals surface area contributed by atoms with Gasteiger partial charge in [-0.25, -0.2) is 0 Å². The second-order valence-electron chi connectivity index (χ2n) is 4.45. The first-order valence-corrected chi connectivity index (χ1v) is 6.10. The van der Waals surface area contributed by atoms with Crippen LogP contribution in [0.15, 0.2) is 12.3 Å². The molecule has 0 amide bonds. The molecule has 16 heavy (non-hydrogen) atoms. The molecular formula is C12H20N4. The van der Waals surface area contributed by atoms with Crippen molar-refractivity contribution in [3.05, 3.63) is 17.8 Å². The minimum atomic E-state index is 0.540. The molecule has 0 bridgehead atoms. The zero-order valence-corrected chi connectivity index (χ0v) is 9.89. The summed E-state index contributed by atoms with van der Waals surface area (Å²) in [6.07, 6.45) is 5.55. The lowest BCUT2D eigenvalue weighted by molar-refractivity contribution is 0.402. The number of rotatable bonds is 3. The third-order valence-electron chi connectivity index (χ3n) is 3.40. The molecule has 1 aromatic rings. The van der Waals surface area contributed by atoms with Gasteiger partial charge < -0.3 is 10.6 Å². The van der Waals surface area contributed by atoms with Gasteiger partial charge in [-0.2, -0.15) is 5.10 Å². The minimum absolute atomic E-state index is 0.540. The van der Waals surface area contributed by atoms with Gasteiger partial charge in [0.15, 0.2) is 5.82 Å². The fourth-order valence-corrected chi connectivity index (χ4v) is 2.37. The molecule has 0 radical (unpaired) electrons. The van der Waals surface area contributed by atoms with Crippen LogP contribution >= 0.6 is 0 Å². The lowest BCUT2D eigenvalue weighted by Crippen LogP contribution is -2.36. The maximum Gasteiger partial charge on any atom is 0.155 e. The summed E-state index contributed by atoms with van der Waals surface area (Å²) in [4.78, 5) is 2.34. The van der Waals surface area contributed by atoms with E-state index in [1.54, 1.807) is 6.20 Å². The summed E-state index contributed by atoms with van der Waals surface area (Å²) >= 11 is 0. The molecule has 1 aliphatic rings. The zero-order valence-electron chi connectivity index (χ0n) is 9.89. The molecule has 0 aliphatic carbocycles. The van der Waals surface area contributed by atoms with Crippen molar-refractivity contribution in [3.63, 3.8) is 0 Å². The predicted octanol–water partition coefficient (Wildman–Crippen LogP) is 1.56. The van der Waals surface area contributed by atoms with E-state index in [0.717, 1.165) is 30.4 Å². The summed E-state index contributed by atoms with van der Waals surface area (Å²) in [5, 5.41) is 8.21. The van der Waals surface area contributed by atoms with Crippen LogP contribution in [0.2, 0.25) is 0 Å². The smallest absolute Gasteiger partial charge is 0.155 e. The topological polar surface area (TPSA) is 55.0 Å². The summed E-state index contributed by atoms with van der Waals surface area (Å²) in [5.74, 6) is 1.78. The van der Waals surface area contributed by atoms with Gasteiger partial charge in [-0.1, -0.05) is 13.3 Å². The van der Waals surface area contributed by atoms with Gasteiger partial charge in [0.1, 0.15) is 0 Å². The van der Waals surface area contributed by atoms with Gasteiger partial charge in [0.05, 0.1) is 6.20 Å². The summed E-state index contributed by atoms with van der Waals surface area (Å²) in [6.45, 7) is 4.98. The zero-order chi connectivity index (χ0) is 11.4. The average Bonchev–Trinajstić information content (AvgIpc) is 2.38. The Balaban J connectivity index is 2.16. The Kier molecular flexibility index (Phi) is 3.72. The fourth-order valence-electron chi connectivity index (χ4n) is 2.37. The van der Waals surface area contributed by atoms with Crippen LogP contribution in [0.1, 0.15) is 31.7 Å². The van der Waals surface area contributed by atoms with Gasteiger partial charge in [0.25, 0.3) is 0 Å². The van der Waals surface area contributed by atoms with Crippen molar-refractivity contribution in [3.8, 4) is 0 Å². The van der Waals surface area contributed by atoms with Gasteiger partial charge >= 0.3 is 0 Å². The van der Waals surface area contributed by atoms with Gasteiger partial charge in [0.2, 0.25) is 0 Å². The monoisotopic (exact) mass is 220 g/mol. The van der Waals surface area contributed by atoms with E-state index in [1.807, 2.05) is 6.07 Å². The van der Waals surface area contributed by atoms with Crippen molar-refractivity contribution in [1.82, 2.24) is 10.2 Å².